The number of aliphatic carboxylic acids is 2. The maximum Gasteiger partial charge on any atom is 2.00 e. The smallest absolute Gasteiger partial charge is 0.550 e. The molecule has 0 saturated heterocycles. The van der Waals surface area contributed by atoms with Crippen LogP contribution in [0.4, 0.5) is 0 Å². The number of hydrogen-bond acceptors (Lipinski definition) is 4. The van der Waals surface area contributed by atoms with Gasteiger partial charge in [-0.3, -0.25) is 0 Å². The van der Waals surface area contributed by atoms with Gasteiger partial charge in [0.05, 0.1) is 0 Å². The normalized spacial score (nSPS) is 10.0. The SMILES string of the molecule is CCCCCCCCCCCC(=O)[O-].CCCCCCCCCCCC(=O)[O-].[Sr+2]. The minimum atomic E-state index is -0.909. The predicted molar refractivity (Wildman–Crippen MR) is 119 cm³/mol. The van der Waals surface area contributed by atoms with Crippen molar-refractivity contribution in [3.05, 3.63) is 0 Å². The third-order valence-electron chi connectivity index (χ3n) is 4.97. The molecule has 0 saturated carbocycles. The van der Waals surface area contributed by atoms with E-state index in [1.165, 1.54) is 89.9 Å². The second-order valence-corrected chi connectivity index (χ2v) is 7.90. The van der Waals surface area contributed by atoms with Crippen LogP contribution in [0.25, 0.3) is 0 Å². The molecule has 0 rings (SSSR count). The minimum absolute atomic E-state index is 0. The standard InChI is InChI=1S/2C12H24O2.Sr/c2*1-2-3-4-5-6-7-8-9-10-11-12(13)14;/h2*2-11H2,1H3,(H,13,14);/q;;+2/p-2. The van der Waals surface area contributed by atoms with Crippen LogP contribution in [0.15, 0.2) is 0 Å². The Kier molecular flexibility index (Phi) is 35.9. The average molecular weight is 486 g/mol. The van der Waals surface area contributed by atoms with Crippen LogP contribution in [0.2, 0.25) is 0 Å². The Hall–Kier alpha value is 0.421. The molecule has 0 fully saturated rings. The maximum atomic E-state index is 10.1. The second kappa shape index (κ2) is 30.6. The predicted octanol–water partition coefficient (Wildman–Crippen LogP) is 4.93. The van der Waals surface area contributed by atoms with Crippen molar-refractivity contribution in [1.29, 1.82) is 0 Å². The third kappa shape index (κ3) is 39.5. The molecule has 0 aliphatic heterocycles. The Morgan fingerprint density at radius 3 is 0.862 bits per heavy atom. The van der Waals surface area contributed by atoms with E-state index in [9.17, 15) is 19.8 Å². The van der Waals surface area contributed by atoms with Crippen LogP contribution in [0.5, 0.6) is 0 Å². The Balaban J connectivity index is -0.000000451. The zero-order valence-corrected chi connectivity index (χ0v) is 23.0. The van der Waals surface area contributed by atoms with E-state index in [1.807, 2.05) is 0 Å². The van der Waals surface area contributed by atoms with Crippen molar-refractivity contribution >= 4 is 57.4 Å². The summed E-state index contributed by atoms with van der Waals surface area (Å²) >= 11 is 0. The van der Waals surface area contributed by atoms with Gasteiger partial charge in [-0.2, -0.15) is 0 Å². The van der Waals surface area contributed by atoms with E-state index < -0.39 is 11.9 Å². The van der Waals surface area contributed by atoms with Crippen LogP contribution in [0.3, 0.4) is 0 Å². The van der Waals surface area contributed by atoms with Crippen LogP contribution < -0.4 is 10.2 Å². The molecular weight excluding hydrogens is 440 g/mol. The molecule has 0 heterocycles. The van der Waals surface area contributed by atoms with Crippen LogP contribution in [0, 0.1) is 0 Å². The van der Waals surface area contributed by atoms with Gasteiger partial charge < -0.3 is 19.8 Å². The van der Waals surface area contributed by atoms with Crippen molar-refractivity contribution in [3.8, 4) is 0 Å². The first kappa shape index (κ1) is 34.0. The largest absolute Gasteiger partial charge is 2.00 e. The summed E-state index contributed by atoms with van der Waals surface area (Å²) in [7, 11) is 0. The van der Waals surface area contributed by atoms with Gasteiger partial charge in [-0.25, -0.2) is 0 Å². The van der Waals surface area contributed by atoms with E-state index in [0.29, 0.717) is 0 Å². The Bertz CT molecular complexity index is 303. The fourth-order valence-electron chi connectivity index (χ4n) is 3.16. The number of carbonyl (C=O) groups excluding carboxylic acids is 2. The molecule has 0 radical (unpaired) electrons. The van der Waals surface area contributed by atoms with Gasteiger partial charge in [0.15, 0.2) is 0 Å². The average Bonchev–Trinajstić information content (AvgIpc) is 2.65. The van der Waals surface area contributed by atoms with Crippen LogP contribution in [-0.4, -0.2) is 57.4 Å². The van der Waals surface area contributed by atoms with E-state index in [4.69, 9.17) is 0 Å². The molecule has 0 aromatic heterocycles. The zero-order valence-electron chi connectivity index (χ0n) is 19.5. The number of rotatable bonds is 20. The van der Waals surface area contributed by atoms with Crippen molar-refractivity contribution in [3.63, 3.8) is 0 Å². The molecule has 0 spiro atoms. The summed E-state index contributed by atoms with van der Waals surface area (Å²) in [4.78, 5) is 20.2. The minimum Gasteiger partial charge on any atom is -0.550 e. The summed E-state index contributed by atoms with van der Waals surface area (Å²) in [6.07, 6.45) is 22.3. The van der Waals surface area contributed by atoms with Gasteiger partial charge in [0, 0.05) is 11.9 Å². The fraction of sp³-hybridized carbons (Fsp3) is 0.917. The Morgan fingerprint density at radius 1 is 0.448 bits per heavy atom. The fourth-order valence-corrected chi connectivity index (χ4v) is 3.16. The van der Waals surface area contributed by atoms with Crippen LogP contribution in [0.1, 0.15) is 142 Å². The van der Waals surface area contributed by atoms with Gasteiger partial charge in [-0.15, -0.1) is 0 Å². The Labute approximate surface area is 217 Å². The van der Waals surface area contributed by atoms with Gasteiger partial charge in [-0.05, 0) is 25.7 Å². The summed E-state index contributed by atoms with van der Waals surface area (Å²) < 4.78 is 0. The van der Waals surface area contributed by atoms with E-state index in [-0.39, 0.29) is 58.3 Å². The molecule has 0 amide bonds. The van der Waals surface area contributed by atoms with Gasteiger partial charge in [-0.1, -0.05) is 117 Å². The summed E-state index contributed by atoms with van der Waals surface area (Å²) in [5.41, 5.74) is 0. The van der Waals surface area contributed by atoms with Crippen LogP contribution in [-0.2, 0) is 9.59 Å². The molecule has 0 aromatic rings. The monoisotopic (exact) mass is 486 g/mol. The first-order chi connectivity index (χ1) is 13.5. The van der Waals surface area contributed by atoms with Crippen molar-refractivity contribution in [1.82, 2.24) is 0 Å². The molecule has 0 unspecified atom stereocenters. The molecule has 0 atom stereocenters. The first-order valence-electron chi connectivity index (χ1n) is 11.9. The molecule has 0 aliphatic carbocycles. The number of carbonyl (C=O) groups is 2. The molecule has 0 N–H and O–H groups in total. The van der Waals surface area contributed by atoms with Gasteiger partial charge in [0.2, 0.25) is 0 Å². The Morgan fingerprint density at radius 2 is 0.655 bits per heavy atom. The van der Waals surface area contributed by atoms with Gasteiger partial charge in [0.25, 0.3) is 0 Å². The van der Waals surface area contributed by atoms with Crippen molar-refractivity contribution in [2.75, 3.05) is 0 Å². The summed E-state index contributed by atoms with van der Waals surface area (Å²) in [6.45, 7) is 4.44. The topological polar surface area (TPSA) is 80.3 Å². The molecule has 0 aromatic carbocycles. The molecule has 5 heteroatoms. The van der Waals surface area contributed by atoms with Gasteiger partial charge >= 0.3 is 45.5 Å². The van der Waals surface area contributed by atoms with E-state index in [0.717, 1.165) is 25.7 Å². The zero-order chi connectivity index (χ0) is 21.3. The quantitative estimate of drug-likeness (QED) is 0.181. The van der Waals surface area contributed by atoms with Crippen molar-refractivity contribution in [2.24, 2.45) is 0 Å². The van der Waals surface area contributed by atoms with Crippen LogP contribution >= 0.6 is 0 Å². The molecule has 0 aliphatic rings. The number of hydrogen-bond donors (Lipinski definition) is 0. The molecular formula is C24H46O4Sr. The molecule has 168 valence electrons. The van der Waals surface area contributed by atoms with Crippen molar-refractivity contribution in [2.45, 2.75) is 142 Å². The third-order valence-corrected chi connectivity index (χ3v) is 4.97. The summed E-state index contributed by atoms with van der Waals surface area (Å²) in [5.74, 6) is -1.82. The second-order valence-electron chi connectivity index (χ2n) is 7.90. The summed E-state index contributed by atoms with van der Waals surface area (Å²) in [5, 5.41) is 20.2. The number of carboxylic acids is 2. The van der Waals surface area contributed by atoms with Gasteiger partial charge in [0.1, 0.15) is 0 Å². The summed E-state index contributed by atoms with van der Waals surface area (Å²) in [6, 6.07) is 0. The molecule has 4 nitrogen and oxygen atoms in total. The van der Waals surface area contributed by atoms with E-state index in [2.05, 4.69) is 13.8 Å². The van der Waals surface area contributed by atoms with E-state index in [1.54, 1.807) is 0 Å². The maximum absolute atomic E-state index is 10.1. The molecule has 29 heavy (non-hydrogen) atoms. The number of unbranched alkanes of at least 4 members (excludes halogenated alkanes) is 16. The number of carboxylic acid groups (broad SMARTS) is 2. The first-order valence-corrected chi connectivity index (χ1v) is 11.9. The molecule has 0 bridgehead atoms. The van der Waals surface area contributed by atoms with E-state index >= 15 is 0 Å². The van der Waals surface area contributed by atoms with Crippen molar-refractivity contribution < 1.29 is 19.8 Å².